The van der Waals surface area contributed by atoms with Gasteiger partial charge >= 0.3 is 0 Å². The highest BCUT2D eigenvalue weighted by molar-refractivity contribution is 5.81. The van der Waals surface area contributed by atoms with Crippen molar-refractivity contribution in [3.8, 4) is 22.5 Å². The van der Waals surface area contributed by atoms with E-state index in [1.807, 2.05) is 24.8 Å². The standard InChI is InChI=1S/C42H52N4/c1-38(2,3)34-17-13-32(14-18-34)36-21-11-30(23-43-36)25-45-41(9)27-40(7,8)28-42(10,29-41)46-26-31-12-22-37(44-24-31)33-15-19-35(20-16-33)39(4,5)6/h11-26H,27-29H2,1-10H3/b45-25-,46-26-. The number of benzene rings is 2. The highest BCUT2D eigenvalue weighted by Crippen LogP contribution is 2.49. The fourth-order valence-corrected chi connectivity index (χ4v) is 7.30. The van der Waals surface area contributed by atoms with E-state index in [0.717, 1.165) is 52.9 Å². The average molecular weight is 613 g/mol. The molecule has 1 aliphatic carbocycles. The maximum absolute atomic E-state index is 5.19. The zero-order valence-corrected chi connectivity index (χ0v) is 29.6. The molecule has 0 aliphatic heterocycles. The van der Waals surface area contributed by atoms with E-state index in [1.165, 1.54) is 11.1 Å². The van der Waals surface area contributed by atoms with Gasteiger partial charge in [0.05, 0.1) is 22.5 Å². The lowest BCUT2D eigenvalue weighted by Gasteiger charge is -2.48. The fourth-order valence-electron chi connectivity index (χ4n) is 7.30. The molecule has 0 saturated heterocycles. The van der Waals surface area contributed by atoms with Gasteiger partial charge in [0.25, 0.3) is 0 Å². The SMILES string of the molecule is CC1(C)CC(C)(/N=C\c2ccc(-c3ccc(C(C)(C)C)cc3)nc2)CC(C)(/N=C\c2ccc(-c3ccc(C(C)(C)C)cc3)nc2)C1. The van der Waals surface area contributed by atoms with Gasteiger partial charge in [0, 0.05) is 47.1 Å². The van der Waals surface area contributed by atoms with E-state index in [0.29, 0.717) is 0 Å². The molecule has 2 heterocycles. The van der Waals surface area contributed by atoms with Gasteiger partial charge in [-0.3, -0.25) is 20.0 Å². The Morgan fingerprint density at radius 2 is 0.891 bits per heavy atom. The van der Waals surface area contributed by atoms with Crippen LogP contribution in [0.25, 0.3) is 22.5 Å². The Morgan fingerprint density at radius 3 is 1.20 bits per heavy atom. The molecular formula is C42H52N4. The Kier molecular flexibility index (Phi) is 8.98. The molecule has 4 nitrogen and oxygen atoms in total. The van der Waals surface area contributed by atoms with Gasteiger partial charge in [0.15, 0.2) is 0 Å². The monoisotopic (exact) mass is 612 g/mol. The lowest BCUT2D eigenvalue weighted by molar-refractivity contribution is 0.101. The molecule has 1 saturated carbocycles. The molecule has 0 spiro atoms. The van der Waals surface area contributed by atoms with Crippen LogP contribution in [0.2, 0.25) is 0 Å². The second-order valence-electron chi connectivity index (χ2n) is 16.8. The quantitative estimate of drug-likeness (QED) is 0.203. The summed E-state index contributed by atoms with van der Waals surface area (Å²) in [6.45, 7) is 22.7. The third-order valence-electron chi connectivity index (χ3n) is 9.20. The van der Waals surface area contributed by atoms with Crippen molar-refractivity contribution in [2.45, 2.75) is 110 Å². The summed E-state index contributed by atoms with van der Waals surface area (Å²) in [5.41, 5.74) is 8.84. The van der Waals surface area contributed by atoms with E-state index >= 15 is 0 Å². The molecule has 46 heavy (non-hydrogen) atoms. The summed E-state index contributed by atoms with van der Waals surface area (Å²) in [5, 5.41) is 0. The second-order valence-corrected chi connectivity index (χ2v) is 16.8. The van der Waals surface area contributed by atoms with Crippen LogP contribution in [-0.2, 0) is 10.8 Å². The molecule has 2 aromatic carbocycles. The number of hydrogen-bond donors (Lipinski definition) is 0. The average Bonchev–Trinajstić information content (AvgIpc) is 2.98. The Bertz CT molecular complexity index is 1550. The van der Waals surface area contributed by atoms with Crippen LogP contribution < -0.4 is 0 Å². The van der Waals surface area contributed by atoms with Crippen molar-refractivity contribution in [2.24, 2.45) is 15.4 Å². The first-order valence-electron chi connectivity index (χ1n) is 16.7. The van der Waals surface area contributed by atoms with Crippen LogP contribution >= 0.6 is 0 Å². The van der Waals surface area contributed by atoms with Crippen LogP contribution in [0, 0.1) is 5.41 Å². The molecule has 0 bridgehead atoms. The van der Waals surface area contributed by atoms with Gasteiger partial charge in [0.2, 0.25) is 0 Å². The highest BCUT2D eigenvalue weighted by Gasteiger charge is 2.46. The molecule has 0 N–H and O–H groups in total. The summed E-state index contributed by atoms with van der Waals surface area (Å²) in [7, 11) is 0. The first-order chi connectivity index (χ1) is 21.4. The van der Waals surface area contributed by atoms with Gasteiger partial charge < -0.3 is 0 Å². The van der Waals surface area contributed by atoms with Crippen molar-refractivity contribution in [3.05, 3.63) is 107 Å². The summed E-state index contributed by atoms with van der Waals surface area (Å²) in [4.78, 5) is 19.9. The van der Waals surface area contributed by atoms with Crippen molar-refractivity contribution in [2.75, 3.05) is 0 Å². The van der Waals surface area contributed by atoms with Gasteiger partial charge in [-0.2, -0.15) is 0 Å². The fraction of sp³-hybridized carbons (Fsp3) is 0.429. The van der Waals surface area contributed by atoms with E-state index in [2.05, 4.69) is 142 Å². The lowest BCUT2D eigenvalue weighted by Crippen LogP contribution is -2.47. The Labute approximate surface area is 277 Å². The topological polar surface area (TPSA) is 50.5 Å². The summed E-state index contributed by atoms with van der Waals surface area (Å²) >= 11 is 0. The summed E-state index contributed by atoms with van der Waals surface area (Å²) in [6.07, 6.45) is 10.8. The third-order valence-corrected chi connectivity index (χ3v) is 9.20. The van der Waals surface area contributed by atoms with Crippen molar-refractivity contribution in [1.29, 1.82) is 0 Å². The minimum absolute atomic E-state index is 0.110. The molecule has 2 unspecified atom stereocenters. The first kappa shape index (κ1) is 33.4. The summed E-state index contributed by atoms with van der Waals surface area (Å²) in [5.74, 6) is 0. The number of aliphatic imine (C=N–C) groups is 2. The molecule has 1 fully saturated rings. The predicted octanol–water partition coefficient (Wildman–Crippen LogP) is 10.7. The van der Waals surface area contributed by atoms with Crippen molar-refractivity contribution < 1.29 is 0 Å². The van der Waals surface area contributed by atoms with Gasteiger partial charge in [0.1, 0.15) is 0 Å². The van der Waals surface area contributed by atoms with E-state index in [4.69, 9.17) is 20.0 Å². The molecular weight excluding hydrogens is 560 g/mol. The van der Waals surface area contributed by atoms with Crippen LogP contribution in [0.3, 0.4) is 0 Å². The van der Waals surface area contributed by atoms with Gasteiger partial charge in [-0.05, 0) is 84.7 Å². The molecule has 1 aliphatic rings. The Balaban J connectivity index is 1.27. The maximum Gasteiger partial charge on any atom is 0.0702 e. The van der Waals surface area contributed by atoms with Gasteiger partial charge in [-0.25, -0.2) is 0 Å². The molecule has 2 aromatic heterocycles. The minimum Gasteiger partial charge on any atom is -0.286 e. The van der Waals surface area contributed by atoms with Crippen LogP contribution in [0.4, 0.5) is 0 Å². The molecule has 2 atom stereocenters. The van der Waals surface area contributed by atoms with Crippen LogP contribution in [0.15, 0.2) is 95.2 Å². The van der Waals surface area contributed by atoms with Crippen LogP contribution in [0.1, 0.15) is 111 Å². The molecule has 4 aromatic rings. The molecule has 5 rings (SSSR count). The van der Waals surface area contributed by atoms with Crippen LogP contribution in [0.5, 0.6) is 0 Å². The summed E-state index contributed by atoms with van der Waals surface area (Å²) in [6, 6.07) is 25.9. The normalized spacial score (nSPS) is 22.0. The first-order valence-corrected chi connectivity index (χ1v) is 16.7. The minimum atomic E-state index is -0.226. The number of rotatable bonds is 6. The lowest BCUT2D eigenvalue weighted by atomic mass is 9.62. The smallest absolute Gasteiger partial charge is 0.0702 e. The molecule has 0 radical (unpaired) electrons. The number of pyridine rings is 2. The highest BCUT2D eigenvalue weighted by atomic mass is 14.9. The summed E-state index contributed by atoms with van der Waals surface area (Å²) < 4.78 is 0. The molecule has 4 heteroatoms. The zero-order valence-electron chi connectivity index (χ0n) is 29.6. The number of nitrogens with zero attached hydrogens (tertiary/aromatic N) is 4. The van der Waals surface area contributed by atoms with Crippen molar-refractivity contribution in [3.63, 3.8) is 0 Å². The third kappa shape index (κ3) is 8.26. The predicted molar refractivity (Wildman–Crippen MR) is 196 cm³/mol. The number of aromatic nitrogens is 2. The van der Waals surface area contributed by atoms with Crippen molar-refractivity contribution in [1.82, 2.24) is 9.97 Å². The van der Waals surface area contributed by atoms with Gasteiger partial charge in [-0.15, -0.1) is 0 Å². The van der Waals surface area contributed by atoms with Gasteiger partial charge in [-0.1, -0.05) is 104 Å². The largest absolute Gasteiger partial charge is 0.286 e. The van der Waals surface area contributed by atoms with Crippen molar-refractivity contribution >= 4 is 12.4 Å². The molecule has 0 amide bonds. The molecule has 240 valence electrons. The zero-order chi connectivity index (χ0) is 33.4. The van der Waals surface area contributed by atoms with E-state index < -0.39 is 0 Å². The van der Waals surface area contributed by atoms with E-state index in [9.17, 15) is 0 Å². The van der Waals surface area contributed by atoms with Crippen LogP contribution in [-0.4, -0.2) is 33.5 Å². The maximum atomic E-state index is 5.19. The Hall–Kier alpha value is -3.92. The second kappa shape index (κ2) is 12.4. The Morgan fingerprint density at radius 1 is 0.522 bits per heavy atom. The van der Waals surface area contributed by atoms with E-state index in [-0.39, 0.29) is 27.3 Å². The van der Waals surface area contributed by atoms with E-state index in [1.54, 1.807) is 0 Å². The number of hydrogen-bond acceptors (Lipinski definition) is 4.